The maximum absolute atomic E-state index is 13.1. The van der Waals surface area contributed by atoms with Crippen molar-refractivity contribution in [3.05, 3.63) is 53.1 Å². The van der Waals surface area contributed by atoms with Gasteiger partial charge in [-0.2, -0.15) is 0 Å². The molecule has 3 aromatic rings. The Kier molecular flexibility index (Phi) is 3.89. The molecule has 5 nitrogen and oxygen atoms in total. The molecule has 0 atom stereocenters. The lowest BCUT2D eigenvalue weighted by atomic mass is 10.1. The highest BCUT2D eigenvalue weighted by atomic mass is 32.2. The third kappa shape index (κ3) is 2.85. The van der Waals surface area contributed by atoms with Gasteiger partial charge in [-0.1, -0.05) is 23.9 Å². The average molecular weight is 316 g/mol. The minimum atomic E-state index is -0.417. The fourth-order valence-corrected chi connectivity index (χ4v) is 3.05. The number of hydrogen-bond acceptors (Lipinski definition) is 5. The molecule has 0 amide bonds. The molecule has 0 bridgehead atoms. The zero-order valence-electron chi connectivity index (χ0n) is 12.1. The molecule has 0 saturated heterocycles. The third-order valence-electron chi connectivity index (χ3n) is 3.14. The third-order valence-corrected chi connectivity index (χ3v) is 4.07. The van der Waals surface area contributed by atoms with Crippen LogP contribution in [0.25, 0.3) is 5.78 Å². The lowest BCUT2D eigenvalue weighted by molar-refractivity contribution is 0.102. The molecule has 1 aromatic carbocycles. The van der Waals surface area contributed by atoms with E-state index in [0.717, 1.165) is 11.4 Å². The van der Waals surface area contributed by atoms with Gasteiger partial charge >= 0.3 is 0 Å². The fourth-order valence-electron chi connectivity index (χ4n) is 2.17. The maximum Gasteiger partial charge on any atom is 0.256 e. The van der Waals surface area contributed by atoms with E-state index >= 15 is 0 Å². The summed E-state index contributed by atoms with van der Waals surface area (Å²) in [5, 5.41) is 8.68. The molecule has 0 fully saturated rings. The molecule has 0 radical (unpaired) electrons. The first kappa shape index (κ1) is 14.6. The minimum Gasteiger partial charge on any atom is -0.293 e. The largest absolute Gasteiger partial charge is 0.293 e. The Balaban J connectivity index is 1.81. The molecule has 0 aliphatic rings. The highest BCUT2D eigenvalue weighted by Gasteiger charge is 2.13. The normalized spacial score (nSPS) is 11.0. The lowest BCUT2D eigenvalue weighted by Gasteiger charge is -2.04. The van der Waals surface area contributed by atoms with Crippen LogP contribution >= 0.6 is 11.8 Å². The number of aryl methyl sites for hydroxylation is 2. The Morgan fingerprint density at radius 2 is 2.09 bits per heavy atom. The van der Waals surface area contributed by atoms with Gasteiger partial charge in [0, 0.05) is 17.0 Å². The summed E-state index contributed by atoms with van der Waals surface area (Å²) >= 11 is 1.26. The molecule has 0 N–H and O–H groups in total. The fraction of sp³-hybridized carbons (Fsp3) is 0.200. The van der Waals surface area contributed by atoms with Gasteiger partial charge in [0.1, 0.15) is 5.82 Å². The molecule has 0 aliphatic carbocycles. The molecule has 2 heterocycles. The molecular formula is C15H13FN4OS. The summed E-state index contributed by atoms with van der Waals surface area (Å²) in [4.78, 5) is 16.4. The number of thioether (sulfide) groups is 1. The van der Waals surface area contributed by atoms with Crippen molar-refractivity contribution in [2.24, 2.45) is 0 Å². The van der Waals surface area contributed by atoms with Crippen LogP contribution in [0.5, 0.6) is 0 Å². The molecule has 112 valence electrons. The second-order valence-corrected chi connectivity index (χ2v) is 5.82. The van der Waals surface area contributed by atoms with E-state index in [2.05, 4.69) is 15.2 Å². The topological polar surface area (TPSA) is 60.2 Å². The van der Waals surface area contributed by atoms with Crippen molar-refractivity contribution < 1.29 is 9.18 Å². The standard InChI is InChI=1S/C15H13FN4OS/c1-9-6-10(2)20-14(17-9)18-19-15(20)22-8-13(21)11-4-3-5-12(16)7-11/h3-7H,8H2,1-2H3. The van der Waals surface area contributed by atoms with Crippen LogP contribution < -0.4 is 0 Å². The van der Waals surface area contributed by atoms with Crippen LogP contribution in [0.4, 0.5) is 4.39 Å². The first-order valence-electron chi connectivity index (χ1n) is 6.65. The Hall–Kier alpha value is -2.28. The van der Waals surface area contributed by atoms with E-state index in [1.807, 2.05) is 19.9 Å². The molecule has 0 unspecified atom stereocenters. The summed E-state index contributed by atoms with van der Waals surface area (Å²) in [7, 11) is 0. The van der Waals surface area contributed by atoms with E-state index in [0.29, 0.717) is 16.5 Å². The van der Waals surface area contributed by atoms with Crippen LogP contribution in [0.2, 0.25) is 0 Å². The number of aromatic nitrogens is 4. The first-order chi connectivity index (χ1) is 10.5. The first-order valence-corrected chi connectivity index (χ1v) is 7.64. The number of carbonyl (C=O) groups is 1. The number of carbonyl (C=O) groups excluding carboxylic acids is 1. The minimum absolute atomic E-state index is 0.154. The van der Waals surface area contributed by atoms with Crippen molar-refractivity contribution >= 4 is 23.3 Å². The van der Waals surface area contributed by atoms with Crippen LogP contribution in [0.15, 0.2) is 35.5 Å². The lowest BCUT2D eigenvalue weighted by Crippen LogP contribution is -2.04. The van der Waals surface area contributed by atoms with E-state index in [4.69, 9.17) is 0 Å². The molecule has 0 aliphatic heterocycles. The molecule has 7 heteroatoms. The van der Waals surface area contributed by atoms with Gasteiger partial charge in [0.2, 0.25) is 0 Å². The number of ketones is 1. The van der Waals surface area contributed by atoms with Crippen LogP contribution in [-0.2, 0) is 0 Å². The summed E-state index contributed by atoms with van der Waals surface area (Å²) in [6.07, 6.45) is 0. The monoisotopic (exact) mass is 316 g/mol. The van der Waals surface area contributed by atoms with E-state index < -0.39 is 5.82 Å². The number of nitrogens with zero attached hydrogens (tertiary/aromatic N) is 4. The van der Waals surface area contributed by atoms with Crippen LogP contribution in [0, 0.1) is 19.7 Å². The van der Waals surface area contributed by atoms with E-state index in [1.54, 1.807) is 10.5 Å². The van der Waals surface area contributed by atoms with Crippen molar-refractivity contribution in [1.82, 2.24) is 19.6 Å². The maximum atomic E-state index is 13.1. The Labute approximate surface area is 130 Å². The van der Waals surface area contributed by atoms with Gasteiger partial charge in [0.25, 0.3) is 5.78 Å². The number of halogens is 1. The van der Waals surface area contributed by atoms with Gasteiger partial charge < -0.3 is 0 Å². The smallest absolute Gasteiger partial charge is 0.256 e. The number of hydrogen-bond donors (Lipinski definition) is 0. The molecule has 0 spiro atoms. The molecule has 22 heavy (non-hydrogen) atoms. The number of Topliss-reactive ketones (excluding diaryl/α,β-unsaturated/α-hetero) is 1. The number of rotatable bonds is 4. The predicted octanol–water partition coefficient (Wildman–Crippen LogP) is 2.86. The van der Waals surface area contributed by atoms with Crippen LogP contribution in [0.1, 0.15) is 21.7 Å². The molecule has 0 saturated carbocycles. The summed E-state index contributed by atoms with van der Waals surface area (Å²) < 4.78 is 14.9. The second kappa shape index (κ2) is 5.84. The van der Waals surface area contributed by atoms with Crippen molar-refractivity contribution in [3.8, 4) is 0 Å². The molecule has 3 rings (SSSR count). The predicted molar refractivity (Wildman–Crippen MR) is 81.7 cm³/mol. The van der Waals surface area contributed by atoms with E-state index in [1.165, 1.54) is 30.0 Å². The van der Waals surface area contributed by atoms with Gasteiger partial charge in [0.15, 0.2) is 10.9 Å². The Morgan fingerprint density at radius 1 is 1.27 bits per heavy atom. The zero-order chi connectivity index (χ0) is 15.7. The van der Waals surface area contributed by atoms with Crippen LogP contribution in [-0.4, -0.2) is 31.1 Å². The van der Waals surface area contributed by atoms with Gasteiger partial charge in [-0.25, -0.2) is 9.37 Å². The number of fused-ring (bicyclic) bond motifs is 1. The van der Waals surface area contributed by atoms with Crippen molar-refractivity contribution in [2.45, 2.75) is 19.0 Å². The van der Waals surface area contributed by atoms with Crippen molar-refractivity contribution in [2.75, 3.05) is 5.75 Å². The van der Waals surface area contributed by atoms with Crippen molar-refractivity contribution in [1.29, 1.82) is 0 Å². The summed E-state index contributed by atoms with van der Waals surface area (Å²) in [5.74, 6) is 0.105. The second-order valence-electron chi connectivity index (χ2n) is 4.88. The zero-order valence-corrected chi connectivity index (χ0v) is 12.9. The van der Waals surface area contributed by atoms with Gasteiger partial charge in [-0.15, -0.1) is 10.2 Å². The summed E-state index contributed by atoms with van der Waals surface area (Å²) in [5.41, 5.74) is 2.17. The van der Waals surface area contributed by atoms with Gasteiger partial charge in [-0.3, -0.25) is 9.20 Å². The quantitative estimate of drug-likeness (QED) is 0.547. The van der Waals surface area contributed by atoms with Crippen LogP contribution in [0.3, 0.4) is 0 Å². The van der Waals surface area contributed by atoms with Gasteiger partial charge in [-0.05, 0) is 32.0 Å². The van der Waals surface area contributed by atoms with E-state index in [-0.39, 0.29) is 11.5 Å². The van der Waals surface area contributed by atoms with Gasteiger partial charge in [0.05, 0.1) is 5.75 Å². The van der Waals surface area contributed by atoms with Crippen molar-refractivity contribution in [3.63, 3.8) is 0 Å². The van der Waals surface area contributed by atoms with E-state index in [9.17, 15) is 9.18 Å². The molecule has 2 aromatic heterocycles. The molecular weight excluding hydrogens is 303 g/mol. The highest BCUT2D eigenvalue weighted by molar-refractivity contribution is 7.99. The Bertz CT molecular complexity index is 862. The number of benzene rings is 1. The average Bonchev–Trinajstić information content (AvgIpc) is 2.88. The summed E-state index contributed by atoms with van der Waals surface area (Å²) in [6.45, 7) is 3.82. The summed E-state index contributed by atoms with van der Waals surface area (Å²) in [6, 6.07) is 7.60. The highest BCUT2D eigenvalue weighted by Crippen LogP contribution is 2.20. The SMILES string of the molecule is Cc1cc(C)n2c(SCC(=O)c3cccc(F)c3)nnc2n1. The Morgan fingerprint density at radius 3 is 2.86 bits per heavy atom.